The van der Waals surface area contributed by atoms with Gasteiger partial charge >= 0.3 is 5.97 Å². The van der Waals surface area contributed by atoms with E-state index in [0.29, 0.717) is 24.3 Å². The lowest BCUT2D eigenvalue weighted by Gasteiger charge is -2.11. The molecule has 0 atom stereocenters. The maximum atomic E-state index is 12.4. The van der Waals surface area contributed by atoms with Gasteiger partial charge in [-0.25, -0.2) is 4.79 Å². The molecule has 0 saturated carbocycles. The maximum absolute atomic E-state index is 12.4. The number of hydrogen-bond acceptors (Lipinski definition) is 3. The fourth-order valence-corrected chi connectivity index (χ4v) is 3.70. The Morgan fingerprint density at radius 2 is 1.23 bits per heavy atom. The number of nitrogens with one attached hydrogen (secondary N) is 1. The highest BCUT2D eigenvalue weighted by molar-refractivity contribution is 6.01. The van der Waals surface area contributed by atoms with E-state index in [1.807, 2.05) is 6.07 Å². The average molecular weight is 432 g/mol. The van der Waals surface area contributed by atoms with Gasteiger partial charge < -0.3 is 10.1 Å². The lowest BCUT2D eigenvalue weighted by molar-refractivity contribution is -0.116. The molecule has 0 bridgehead atoms. The van der Waals surface area contributed by atoms with Gasteiger partial charge in [0.1, 0.15) is 0 Å². The Morgan fingerprint density at radius 1 is 0.710 bits per heavy atom. The SMILES string of the molecule is CCCCCCCCCCCC(=O)Nc1ccccc1C(=O)OCCCCCCCC. The fourth-order valence-electron chi connectivity index (χ4n) is 3.70. The molecule has 0 fully saturated rings. The third kappa shape index (κ3) is 14.0. The van der Waals surface area contributed by atoms with Crippen molar-refractivity contribution < 1.29 is 14.3 Å². The standard InChI is InChI=1S/C27H45NO3/c1-3-5-7-9-11-12-13-14-16-22-26(29)28-25-21-18-17-20-24(25)27(30)31-23-19-15-10-8-6-4-2/h17-18,20-21H,3-16,19,22-23H2,1-2H3,(H,28,29). The van der Waals surface area contributed by atoms with Gasteiger partial charge in [-0.05, 0) is 25.0 Å². The normalized spacial score (nSPS) is 10.8. The summed E-state index contributed by atoms with van der Waals surface area (Å²) in [5.41, 5.74) is 0.991. The van der Waals surface area contributed by atoms with Gasteiger partial charge in [-0.1, -0.05) is 109 Å². The number of benzene rings is 1. The van der Waals surface area contributed by atoms with E-state index in [1.54, 1.807) is 18.2 Å². The van der Waals surface area contributed by atoms with Gasteiger partial charge in [0.2, 0.25) is 5.91 Å². The number of para-hydroxylation sites is 1. The van der Waals surface area contributed by atoms with E-state index in [2.05, 4.69) is 19.2 Å². The summed E-state index contributed by atoms with van der Waals surface area (Å²) in [6, 6.07) is 7.13. The van der Waals surface area contributed by atoms with Gasteiger partial charge in [0.15, 0.2) is 0 Å². The second kappa shape index (κ2) is 18.9. The summed E-state index contributed by atoms with van der Waals surface area (Å²) in [4.78, 5) is 24.8. The van der Waals surface area contributed by atoms with Crippen LogP contribution in [0.5, 0.6) is 0 Å². The van der Waals surface area contributed by atoms with Crippen LogP contribution in [0.2, 0.25) is 0 Å². The van der Waals surface area contributed by atoms with E-state index in [9.17, 15) is 9.59 Å². The van der Waals surface area contributed by atoms with Crippen LogP contribution in [0.4, 0.5) is 5.69 Å². The van der Waals surface area contributed by atoms with Crippen LogP contribution in [0.1, 0.15) is 127 Å². The van der Waals surface area contributed by atoms with Crippen LogP contribution in [-0.4, -0.2) is 18.5 Å². The number of hydrogen-bond donors (Lipinski definition) is 1. The van der Waals surface area contributed by atoms with Crippen molar-refractivity contribution in [1.82, 2.24) is 0 Å². The first-order valence-corrected chi connectivity index (χ1v) is 12.7. The number of ether oxygens (including phenoxy) is 1. The third-order valence-corrected chi connectivity index (χ3v) is 5.66. The lowest BCUT2D eigenvalue weighted by Crippen LogP contribution is -2.15. The molecule has 0 saturated heterocycles. The van der Waals surface area contributed by atoms with E-state index >= 15 is 0 Å². The first-order valence-electron chi connectivity index (χ1n) is 12.7. The largest absolute Gasteiger partial charge is 0.462 e. The molecule has 0 aliphatic rings. The summed E-state index contributed by atoms with van der Waals surface area (Å²) < 4.78 is 5.43. The predicted molar refractivity (Wildman–Crippen MR) is 131 cm³/mol. The van der Waals surface area contributed by atoms with Gasteiger partial charge in [0.05, 0.1) is 17.9 Å². The van der Waals surface area contributed by atoms with Crippen molar-refractivity contribution >= 4 is 17.6 Å². The summed E-state index contributed by atoms with van der Waals surface area (Å²) >= 11 is 0. The van der Waals surface area contributed by atoms with Crippen molar-refractivity contribution in [2.24, 2.45) is 0 Å². The van der Waals surface area contributed by atoms with Gasteiger partial charge in [-0.2, -0.15) is 0 Å². The predicted octanol–water partition coefficient (Wildman–Crippen LogP) is 8.06. The summed E-state index contributed by atoms with van der Waals surface area (Å²) in [6.07, 6.45) is 18.5. The highest BCUT2D eigenvalue weighted by Crippen LogP contribution is 2.18. The minimum atomic E-state index is -0.354. The zero-order chi connectivity index (χ0) is 22.6. The molecule has 0 heterocycles. The molecule has 4 heteroatoms. The van der Waals surface area contributed by atoms with Crippen LogP contribution in [0, 0.1) is 0 Å². The molecule has 1 aromatic carbocycles. The number of anilines is 1. The summed E-state index contributed by atoms with van der Waals surface area (Å²) in [6.45, 7) is 4.88. The molecule has 0 aliphatic carbocycles. The van der Waals surface area contributed by atoms with Crippen LogP contribution in [0.3, 0.4) is 0 Å². The Morgan fingerprint density at radius 3 is 1.84 bits per heavy atom. The molecule has 31 heavy (non-hydrogen) atoms. The molecule has 0 aromatic heterocycles. The highest BCUT2D eigenvalue weighted by Gasteiger charge is 2.14. The van der Waals surface area contributed by atoms with E-state index in [1.165, 1.54) is 70.6 Å². The number of carbonyl (C=O) groups is 2. The number of esters is 1. The average Bonchev–Trinajstić information content (AvgIpc) is 2.77. The minimum absolute atomic E-state index is 0.0286. The van der Waals surface area contributed by atoms with Crippen LogP contribution < -0.4 is 5.32 Å². The molecule has 0 unspecified atom stereocenters. The molecule has 0 radical (unpaired) electrons. The summed E-state index contributed by atoms with van der Waals surface area (Å²) in [7, 11) is 0. The fraction of sp³-hybridized carbons (Fsp3) is 0.704. The topological polar surface area (TPSA) is 55.4 Å². The minimum Gasteiger partial charge on any atom is -0.462 e. The zero-order valence-electron chi connectivity index (χ0n) is 20.1. The Kier molecular flexibility index (Phi) is 16.6. The molecule has 176 valence electrons. The Hall–Kier alpha value is -1.84. The maximum Gasteiger partial charge on any atom is 0.340 e. The van der Waals surface area contributed by atoms with Crippen molar-refractivity contribution in [3.05, 3.63) is 29.8 Å². The van der Waals surface area contributed by atoms with Gasteiger partial charge in [0.25, 0.3) is 0 Å². The second-order valence-electron chi connectivity index (χ2n) is 8.58. The number of carbonyl (C=O) groups excluding carboxylic acids is 2. The number of rotatable bonds is 19. The Bertz CT molecular complexity index is 600. The molecular weight excluding hydrogens is 386 g/mol. The van der Waals surface area contributed by atoms with Crippen LogP contribution >= 0.6 is 0 Å². The molecule has 4 nitrogen and oxygen atoms in total. The first kappa shape index (κ1) is 27.2. The second-order valence-corrected chi connectivity index (χ2v) is 8.58. The van der Waals surface area contributed by atoms with E-state index in [-0.39, 0.29) is 11.9 Å². The van der Waals surface area contributed by atoms with E-state index in [4.69, 9.17) is 4.74 Å². The van der Waals surface area contributed by atoms with Gasteiger partial charge in [0, 0.05) is 6.42 Å². The van der Waals surface area contributed by atoms with Crippen LogP contribution in [0.25, 0.3) is 0 Å². The summed E-state index contributed by atoms with van der Waals surface area (Å²) in [5, 5.41) is 2.90. The van der Waals surface area contributed by atoms with Crippen molar-refractivity contribution in [2.45, 2.75) is 117 Å². The van der Waals surface area contributed by atoms with Gasteiger partial charge in [-0.15, -0.1) is 0 Å². The number of unbranched alkanes of at least 4 members (excludes halogenated alkanes) is 13. The van der Waals surface area contributed by atoms with Crippen molar-refractivity contribution in [3.8, 4) is 0 Å². The third-order valence-electron chi connectivity index (χ3n) is 5.66. The molecule has 0 aliphatic heterocycles. The van der Waals surface area contributed by atoms with Crippen molar-refractivity contribution in [3.63, 3.8) is 0 Å². The van der Waals surface area contributed by atoms with Crippen LogP contribution in [-0.2, 0) is 9.53 Å². The molecule has 1 N–H and O–H groups in total. The molecular formula is C27H45NO3. The van der Waals surface area contributed by atoms with E-state index in [0.717, 1.165) is 25.7 Å². The Labute approximate surface area is 190 Å². The van der Waals surface area contributed by atoms with Gasteiger partial charge in [-0.3, -0.25) is 4.79 Å². The smallest absolute Gasteiger partial charge is 0.340 e. The summed E-state index contributed by atoms with van der Waals surface area (Å²) in [5.74, 6) is -0.383. The monoisotopic (exact) mass is 431 g/mol. The molecule has 1 rings (SSSR count). The highest BCUT2D eigenvalue weighted by atomic mass is 16.5. The zero-order valence-corrected chi connectivity index (χ0v) is 20.1. The lowest BCUT2D eigenvalue weighted by atomic mass is 10.1. The Balaban J connectivity index is 2.24. The number of amides is 1. The molecule has 0 spiro atoms. The quantitative estimate of drug-likeness (QED) is 0.178. The van der Waals surface area contributed by atoms with Crippen molar-refractivity contribution in [1.29, 1.82) is 0 Å². The molecule has 1 aromatic rings. The van der Waals surface area contributed by atoms with Crippen molar-refractivity contribution in [2.75, 3.05) is 11.9 Å². The van der Waals surface area contributed by atoms with Crippen LogP contribution in [0.15, 0.2) is 24.3 Å². The first-order chi connectivity index (χ1) is 15.2. The van der Waals surface area contributed by atoms with E-state index < -0.39 is 0 Å². The molecule has 1 amide bonds.